The quantitative estimate of drug-likeness (QED) is 0.891. The van der Waals surface area contributed by atoms with Crippen molar-refractivity contribution in [3.63, 3.8) is 0 Å². The monoisotopic (exact) mass is 310 g/mol. The van der Waals surface area contributed by atoms with Crippen molar-refractivity contribution in [1.82, 2.24) is 9.88 Å². The number of carbonyl (C=O) groups excluding carboxylic acids is 1. The Labute approximate surface area is 138 Å². The third kappa shape index (κ3) is 4.04. The van der Waals surface area contributed by atoms with Crippen molar-refractivity contribution in [3.8, 4) is 0 Å². The lowest BCUT2D eigenvalue weighted by Gasteiger charge is -2.31. The Hall–Kier alpha value is -2.03. The number of rotatable bonds is 5. The van der Waals surface area contributed by atoms with Gasteiger partial charge in [0, 0.05) is 24.9 Å². The first kappa shape index (κ1) is 15.9. The van der Waals surface area contributed by atoms with Gasteiger partial charge in [0.05, 0.1) is 0 Å². The molecule has 23 heavy (non-hydrogen) atoms. The molecule has 122 valence electrons. The van der Waals surface area contributed by atoms with Gasteiger partial charge in [0.15, 0.2) is 0 Å². The second kappa shape index (κ2) is 7.49. The number of benzene rings is 1. The first-order valence-electron chi connectivity index (χ1n) is 8.71. The average Bonchev–Trinajstić information content (AvgIpc) is 3.10. The molecule has 0 saturated heterocycles. The van der Waals surface area contributed by atoms with Crippen molar-refractivity contribution < 1.29 is 4.79 Å². The first-order valence-corrected chi connectivity index (χ1v) is 8.71. The summed E-state index contributed by atoms with van der Waals surface area (Å²) in [5.74, 6) is 0.721. The molecule has 0 aliphatic heterocycles. The molecule has 1 aliphatic rings. The van der Waals surface area contributed by atoms with Crippen LogP contribution >= 0.6 is 0 Å². The molecule has 3 rings (SSSR count). The summed E-state index contributed by atoms with van der Waals surface area (Å²) in [6.45, 7) is 2.26. The van der Waals surface area contributed by atoms with Crippen LogP contribution in [-0.4, -0.2) is 16.5 Å². The van der Waals surface area contributed by atoms with Gasteiger partial charge in [-0.15, -0.1) is 0 Å². The van der Waals surface area contributed by atoms with Crippen molar-refractivity contribution in [1.29, 1.82) is 0 Å². The molecule has 1 saturated carbocycles. The van der Waals surface area contributed by atoms with Gasteiger partial charge in [-0.3, -0.25) is 4.79 Å². The lowest BCUT2D eigenvalue weighted by atomic mass is 9.85. The highest BCUT2D eigenvalue weighted by molar-refractivity contribution is 5.81. The van der Waals surface area contributed by atoms with Crippen molar-refractivity contribution in [2.75, 3.05) is 0 Å². The lowest BCUT2D eigenvalue weighted by molar-refractivity contribution is -0.125. The zero-order chi connectivity index (χ0) is 16.1. The molecule has 3 nitrogen and oxygen atoms in total. The van der Waals surface area contributed by atoms with Crippen LogP contribution in [-0.2, 0) is 11.2 Å². The number of hydrogen-bond acceptors (Lipinski definition) is 1. The Morgan fingerprint density at radius 1 is 1.13 bits per heavy atom. The Kier molecular flexibility index (Phi) is 5.16. The van der Waals surface area contributed by atoms with Crippen molar-refractivity contribution in [2.45, 2.75) is 51.1 Å². The predicted molar refractivity (Wildman–Crippen MR) is 93.2 cm³/mol. The van der Waals surface area contributed by atoms with Crippen LogP contribution in [0.2, 0.25) is 0 Å². The van der Waals surface area contributed by atoms with E-state index in [0.29, 0.717) is 12.0 Å². The molecule has 0 unspecified atom stereocenters. The molecule has 1 aromatic heterocycles. The van der Waals surface area contributed by atoms with Gasteiger partial charge in [0.25, 0.3) is 0 Å². The van der Waals surface area contributed by atoms with Crippen LogP contribution < -0.4 is 5.32 Å². The topological polar surface area (TPSA) is 34.0 Å². The largest absolute Gasteiger partial charge is 0.351 e. The van der Waals surface area contributed by atoms with Crippen LogP contribution in [0.1, 0.15) is 44.2 Å². The van der Waals surface area contributed by atoms with E-state index < -0.39 is 0 Å². The van der Waals surface area contributed by atoms with Crippen molar-refractivity contribution >= 4 is 5.91 Å². The van der Waals surface area contributed by atoms with Crippen LogP contribution in [0.15, 0.2) is 54.9 Å². The van der Waals surface area contributed by atoms with Gasteiger partial charge < -0.3 is 9.88 Å². The van der Waals surface area contributed by atoms with Gasteiger partial charge in [-0.05, 0) is 36.5 Å². The second-order valence-corrected chi connectivity index (χ2v) is 6.71. The smallest absolute Gasteiger partial charge is 0.243 e. The Morgan fingerprint density at radius 2 is 1.83 bits per heavy atom. The fraction of sp³-hybridized carbons (Fsp3) is 0.450. The van der Waals surface area contributed by atoms with Crippen LogP contribution in [0.5, 0.6) is 0 Å². The average molecular weight is 310 g/mol. The summed E-state index contributed by atoms with van der Waals surface area (Å²) in [5.41, 5.74) is 1.19. The van der Waals surface area contributed by atoms with E-state index in [9.17, 15) is 4.79 Å². The van der Waals surface area contributed by atoms with Gasteiger partial charge >= 0.3 is 0 Å². The standard InChI is InChI=1S/C20H26N2O/c1-16-9-5-6-12-18(16)21-20(23)19(22-13-7-8-14-22)15-17-10-3-2-4-11-17/h2-4,7-8,10-11,13-14,16,18-19H,5-6,9,12,15H2,1H3,(H,21,23)/t16-,18-,19+/m1/s1. The van der Waals surface area contributed by atoms with Crippen molar-refractivity contribution in [2.24, 2.45) is 5.92 Å². The number of amides is 1. The van der Waals surface area contributed by atoms with E-state index in [-0.39, 0.29) is 11.9 Å². The van der Waals surface area contributed by atoms with E-state index in [0.717, 1.165) is 12.8 Å². The van der Waals surface area contributed by atoms with Gasteiger partial charge in [-0.1, -0.05) is 50.1 Å². The minimum atomic E-state index is -0.179. The summed E-state index contributed by atoms with van der Waals surface area (Å²) in [4.78, 5) is 12.9. The van der Waals surface area contributed by atoms with Gasteiger partial charge in [-0.2, -0.15) is 0 Å². The molecular weight excluding hydrogens is 284 g/mol. The molecule has 1 aromatic carbocycles. The maximum Gasteiger partial charge on any atom is 0.243 e. The number of nitrogens with one attached hydrogen (secondary N) is 1. The molecule has 1 aliphatic carbocycles. The fourth-order valence-corrected chi connectivity index (χ4v) is 3.54. The number of carbonyl (C=O) groups is 1. The lowest BCUT2D eigenvalue weighted by Crippen LogP contribution is -2.44. The normalized spacial score (nSPS) is 22.5. The molecule has 1 N–H and O–H groups in total. The number of nitrogens with zero attached hydrogens (tertiary/aromatic N) is 1. The van der Waals surface area contributed by atoms with Crippen LogP contribution in [0.25, 0.3) is 0 Å². The first-order chi connectivity index (χ1) is 11.2. The van der Waals surface area contributed by atoms with Gasteiger partial charge in [0.2, 0.25) is 5.91 Å². The molecule has 0 radical (unpaired) electrons. The highest BCUT2D eigenvalue weighted by Crippen LogP contribution is 2.25. The van der Waals surface area contributed by atoms with E-state index in [1.54, 1.807) is 0 Å². The Morgan fingerprint density at radius 3 is 2.52 bits per heavy atom. The van der Waals surface area contributed by atoms with Crippen molar-refractivity contribution in [3.05, 3.63) is 60.4 Å². The molecule has 1 amide bonds. The molecule has 1 heterocycles. The maximum atomic E-state index is 12.9. The van der Waals surface area contributed by atoms with Crippen LogP contribution in [0.4, 0.5) is 0 Å². The highest BCUT2D eigenvalue weighted by Gasteiger charge is 2.27. The van der Waals surface area contributed by atoms with E-state index in [1.165, 1.54) is 24.8 Å². The zero-order valence-electron chi connectivity index (χ0n) is 13.8. The van der Waals surface area contributed by atoms with Crippen LogP contribution in [0, 0.1) is 5.92 Å². The summed E-state index contributed by atoms with van der Waals surface area (Å²) in [6.07, 6.45) is 9.53. The van der Waals surface area contributed by atoms with E-state index >= 15 is 0 Å². The van der Waals surface area contributed by atoms with Gasteiger partial charge in [-0.25, -0.2) is 0 Å². The number of hydrogen-bond donors (Lipinski definition) is 1. The maximum absolute atomic E-state index is 12.9. The summed E-state index contributed by atoms with van der Waals surface area (Å²) in [7, 11) is 0. The number of aromatic nitrogens is 1. The third-order valence-electron chi connectivity index (χ3n) is 5.00. The summed E-state index contributed by atoms with van der Waals surface area (Å²) in [6, 6.07) is 14.4. The SMILES string of the molecule is C[C@@H]1CCCC[C@H]1NC(=O)[C@H](Cc1ccccc1)n1cccc1. The van der Waals surface area contributed by atoms with E-state index in [1.807, 2.05) is 47.3 Å². The molecule has 3 atom stereocenters. The fourth-order valence-electron chi connectivity index (χ4n) is 3.54. The molecule has 3 heteroatoms. The summed E-state index contributed by atoms with van der Waals surface area (Å²) in [5, 5.41) is 3.32. The second-order valence-electron chi connectivity index (χ2n) is 6.71. The molecule has 1 fully saturated rings. The molecule has 2 aromatic rings. The zero-order valence-corrected chi connectivity index (χ0v) is 13.8. The predicted octanol–water partition coefficient (Wildman–Crippen LogP) is 3.97. The van der Waals surface area contributed by atoms with Gasteiger partial charge in [0.1, 0.15) is 6.04 Å². The van der Waals surface area contributed by atoms with E-state index in [2.05, 4.69) is 24.4 Å². The van der Waals surface area contributed by atoms with E-state index in [4.69, 9.17) is 0 Å². The summed E-state index contributed by atoms with van der Waals surface area (Å²) < 4.78 is 2.02. The highest BCUT2D eigenvalue weighted by atomic mass is 16.2. The minimum Gasteiger partial charge on any atom is -0.351 e. The summed E-state index contributed by atoms with van der Waals surface area (Å²) >= 11 is 0. The minimum absolute atomic E-state index is 0.142. The van der Waals surface area contributed by atoms with Crippen LogP contribution in [0.3, 0.4) is 0 Å². The Balaban J connectivity index is 1.73. The molecular formula is C20H26N2O. The third-order valence-corrected chi connectivity index (χ3v) is 5.00. The molecule has 0 bridgehead atoms. The Bertz CT molecular complexity index is 606. The molecule has 0 spiro atoms.